The second-order valence-electron chi connectivity index (χ2n) is 3.97. The number of para-hydroxylation sites is 1. The molecule has 1 heterocycles. The number of aromatic nitrogens is 1. The van der Waals surface area contributed by atoms with Crippen molar-refractivity contribution in [2.24, 2.45) is 0 Å². The maximum absolute atomic E-state index is 10.8. The number of rotatable bonds is 5. The standard InChI is InChI=1S/C12H13N3O3/c1-3-5-8(2)13-12-14-11-9(15(16)17)6-4-7-10(11)18-12/h3-4,6-8H,1,5H2,2H3,(H,13,14). The van der Waals surface area contributed by atoms with Crippen LogP contribution in [0.15, 0.2) is 35.3 Å². The molecule has 94 valence electrons. The third-order valence-corrected chi connectivity index (χ3v) is 2.48. The average Bonchev–Trinajstić information content (AvgIpc) is 2.70. The van der Waals surface area contributed by atoms with Crippen LogP contribution in [0.2, 0.25) is 0 Å². The molecule has 1 aromatic heterocycles. The molecule has 6 nitrogen and oxygen atoms in total. The van der Waals surface area contributed by atoms with Crippen LogP contribution in [0.3, 0.4) is 0 Å². The predicted octanol–water partition coefficient (Wildman–Crippen LogP) is 3.11. The highest BCUT2D eigenvalue weighted by molar-refractivity contribution is 5.84. The fourth-order valence-electron chi connectivity index (χ4n) is 1.66. The van der Waals surface area contributed by atoms with Crippen molar-refractivity contribution in [1.82, 2.24) is 4.98 Å². The Morgan fingerprint density at radius 1 is 1.67 bits per heavy atom. The van der Waals surface area contributed by atoms with E-state index in [-0.39, 0.29) is 23.3 Å². The van der Waals surface area contributed by atoms with Crippen molar-refractivity contribution in [3.8, 4) is 0 Å². The van der Waals surface area contributed by atoms with Gasteiger partial charge in [0.15, 0.2) is 11.1 Å². The minimum atomic E-state index is -0.470. The third-order valence-electron chi connectivity index (χ3n) is 2.48. The van der Waals surface area contributed by atoms with Gasteiger partial charge in [0.1, 0.15) is 0 Å². The molecule has 0 aliphatic carbocycles. The number of nitro groups is 1. The number of non-ortho nitro benzene ring substituents is 1. The summed E-state index contributed by atoms with van der Waals surface area (Å²) in [6.07, 6.45) is 2.53. The molecule has 1 N–H and O–H groups in total. The molecule has 0 bridgehead atoms. The molecule has 0 saturated heterocycles. The quantitative estimate of drug-likeness (QED) is 0.498. The Hall–Kier alpha value is -2.37. The maximum Gasteiger partial charge on any atom is 0.298 e. The van der Waals surface area contributed by atoms with Crippen LogP contribution in [0.4, 0.5) is 11.7 Å². The van der Waals surface area contributed by atoms with Crippen LogP contribution in [0.5, 0.6) is 0 Å². The zero-order valence-electron chi connectivity index (χ0n) is 9.92. The Labute approximate surface area is 103 Å². The molecule has 0 aliphatic heterocycles. The molecule has 2 aromatic rings. The van der Waals surface area contributed by atoms with Crippen LogP contribution in [0, 0.1) is 10.1 Å². The van der Waals surface area contributed by atoms with Gasteiger partial charge in [0.05, 0.1) is 4.92 Å². The molecule has 2 rings (SSSR count). The smallest absolute Gasteiger partial charge is 0.298 e. The van der Waals surface area contributed by atoms with E-state index in [0.717, 1.165) is 6.42 Å². The zero-order valence-corrected chi connectivity index (χ0v) is 9.92. The topological polar surface area (TPSA) is 81.2 Å². The molecule has 0 amide bonds. The summed E-state index contributed by atoms with van der Waals surface area (Å²) >= 11 is 0. The first kappa shape index (κ1) is 12.1. The number of anilines is 1. The third kappa shape index (κ3) is 2.32. The second-order valence-corrected chi connectivity index (χ2v) is 3.97. The first-order valence-electron chi connectivity index (χ1n) is 5.53. The molecule has 18 heavy (non-hydrogen) atoms. The monoisotopic (exact) mass is 247 g/mol. The number of nitro benzene ring substituents is 1. The fourth-order valence-corrected chi connectivity index (χ4v) is 1.66. The Kier molecular flexibility index (Phi) is 3.27. The number of hydrogen-bond acceptors (Lipinski definition) is 5. The molecule has 1 atom stereocenters. The van der Waals surface area contributed by atoms with E-state index >= 15 is 0 Å². The van der Waals surface area contributed by atoms with Gasteiger partial charge < -0.3 is 9.73 Å². The number of benzene rings is 1. The summed E-state index contributed by atoms with van der Waals surface area (Å²) in [4.78, 5) is 14.5. The Morgan fingerprint density at radius 2 is 2.44 bits per heavy atom. The Bertz CT molecular complexity index is 591. The lowest BCUT2D eigenvalue weighted by molar-refractivity contribution is -0.383. The fraction of sp³-hybridized carbons (Fsp3) is 0.250. The van der Waals surface area contributed by atoms with Gasteiger partial charge in [-0.15, -0.1) is 6.58 Å². The molecule has 6 heteroatoms. The van der Waals surface area contributed by atoms with Crippen molar-refractivity contribution in [2.45, 2.75) is 19.4 Å². The lowest BCUT2D eigenvalue weighted by atomic mass is 10.2. The second kappa shape index (κ2) is 4.87. The van der Waals surface area contributed by atoms with Gasteiger partial charge in [0.2, 0.25) is 0 Å². The lowest BCUT2D eigenvalue weighted by Crippen LogP contribution is -2.13. The summed E-state index contributed by atoms with van der Waals surface area (Å²) in [6, 6.07) is 5.02. The van der Waals surface area contributed by atoms with Crippen molar-refractivity contribution in [2.75, 3.05) is 5.32 Å². The number of oxazole rings is 1. The molecular formula is C12H13N3O3. The summed E-state index contributed by atoms with van der Waals surface area (Å²) < 4.78 is 5.41. The van der Waals surface area contributed by atoms with Crippen molar-refractivity contribution in [1.29, 1.82) is 0 Å². The normalized spacial score (nSPS) is 12.3. The molecule has 0 saturated carbocycles. The van der Waals surface area contributed by atoms with Crippen LogP contribution < -0.4 is 5.32 Å². The summed E-state index contributed by atoms with van der Waals surface area (Å²) in [5.74, 6) is 0. The number of nitrogens with zero attached hydrogens (tertiary/aromatic N) is 2. The van der Waals surface area contributed by atoms with E-state index in [1.807, 2.05) is 6.92 Å². The minimum absolute atomic E-state index is 0.0549. The van der Waals surface area contributed by atoms with Gasteiger partial charge in [-0.2, -0.15) is 4.98 Å². The first-order valence-corrected chi connectivity index (χ1v) is 5.53. The molecule has 0 spiro atoms. The van der Waals surface area contributed by atoms with E-state index in [0.29, 0.717) is 5.58 Å². The molecule has 1 unspecified atom stereocenters. The van der Waals surface area contributed by atoms with Crippen molar-refractivity contribution < 1.29 is 9.34 Å². The van der Waals surface area contributed by atoms with Crippen LogP contribution in [0.25, 0.3) is 11.1 Å². The van der Waals surface area contributed by atoms with Gasteiger partial charge in [-0.05, 0) is 19.4 Å². The molecule has 0 aliphatic rings. The number of fused-ring (bicyclic) bond motifs is 1. The predicted molar refractivity (Wildman–Crippen MR) is 68.6 cm³/mol. The largest absolute Gasteiger partial charge is 0.423 e. The zero-order chi connectivity index (χ0) is 13.1. The highest BCUT2D eigenvalue weighted by Crippen LogP contribution is 2.27. The van der Waals surface area contributed by atoms with Gasteiger partial charge in [-0.3, -0.25) is 10.1 Å². The Balaban J connectivity index is 2.35. The van der Waals surface area contributed by atoms with Crippen molar-refractivity contribution in [3.63, 3.8) is 0 Å². The van der Waals surface area contributed by atoms with Crippen LogP contribution in [-0.4, -0.2) is 15.9 Å². The van der Waals surface area contributed by atoms with Gasteiger partial charge in [0.25, 0.3) is 11.7 Å². The minimum Gasteiger partial charge on any atom is -0.423 e. The van der Waals surface area contributed by atoms with Gasteiger partial charge in [-0.1, -0.05) is 12.1 Å². The van der Waals surface area contributed by atoms with Gasteiger partial charge >= 0.3 is 0 Å². The van der Waals surface area contributed by atoms with Crippen molar-refractivity contribution in [3.05, 3.63) is 41.0 Å². The van der Waals surface area contributed by atoms with Crippen molar-refractivity contribution >= 4 is 22.8 Å². The summed E-state index contributed by atoms with van der Waals surface area (Å²) in [6.45, 7) is 5.59. The SMILES string of the molecule is C=CCC(C)Nc1nc2c([N+](=O)[O-])cccc2o1. The van der Waals surface area contributed by atoms with E-state index in [2.05, 4.69) is 16.9 Å². The van der Waals surface area contributed by atoms with E-state index < -0.39 is 4.92 Å². The molecule has 0 radical (unpaired) electrons. The summed E-state index contributed by atoms with van der Waals surface area (Å²) in [7, 11) is 0. The van der Waals surface area contributed by atoms with Gasteiger partial charge in [0, 0.05) is 12.1 Å². The van der Waals surface area contributed by atoms with Gasteiger partial charge in [-0.25, -0.2) is 0 Å². The Morgan fingerprint density at radius 3 is 3.11 bits per heavy atom. The lowest BCUT2D eigenvalue weighted by Gasteiger charge is -2.07. The molecular weight excluding hydrogens is 234 g/mol. The summed E-state index contributed by atoms with van der Waals surface area (Å²) in [5.41, 5.74) is 0.606. The van der Waals surface area contributed by atoms with E-state index in [1.54, 1.807) is 18.2 Å². The maximum atomic E-state index is 10.8. The average molecular weight is 247 g/mol. The van der Waals surface area contributed by atoms with E-state index in [4.69, 9.17) is 4.42 Å². The molecule has 0 fully saturated rings. The van der Waals surface area contributed by atoms with Crippen LogP contribution in [-0.2, 0) is 0 Å². The first-order chi connectivity index (χ1) is 8.61. The highest BCUT2D eigenvalue weighted by Gasteiger charge is 2.17. The number of nitrogens with one attached hydrogen (secondary N) is 1. The van der Waals surface area contributed by atoms with Crippen LogP contribution >= 0.6 is 0 Å². The summed E-state index contributed by atoms with van der Waals surface area (Å²) in [5, 5.41) is 13.9. The number of hydrogen-bond donors (Lipinski definition) is 1. The van der Waals surface area contributed by atoms with Crippen LogP contribution in [0.1, 0.15) is 13.3 Å². The van der Waals surface area contributed by atoms with E-state index in [1.165, 1.54) is 6.07 Å². The van der Waals surface area contributed by atoms with E-state index in [9.17, 15) is 10.1 Å². The highest BCUT2D eigenvalue weighted by atomic mass is 16.6. The molecule has 1 aromatic carbocycles.